The summed E-state index contributed by atoms with van der Waals surface area (Å²) in [5, 5.41) is 0. The van der Waals surface area contributed by atoms with Crippen molar-refractivity contribution in [3.05, 3.63) is 41.5 Å². The molecule has 8 nitrogen and oxygen atoms in total. The van der Waals surface area contributed by atoms with E-state index < -0.39 is 11.7 Å². The largest absolute Gasteiger partial charge is 0.404 e. The Morgan fingerprint density at radius 2 is 2.14 bits per heavy atom. The number of amides is 2. The minimum atomic E-state index is -0.803. The summed E-state index contributed by atoms with van der Waals surface area (Å²) < 4.78 is 15.2. The fourth-order valence-corrected chi connectivity index (χ4v) is 3.51. The first-order valence-electron chi connectivity index (χ1n) is 9.25. The summed E-state index contributed by atoms with van der Waals surface area (Å²) >= 11 is 0. The average molecular weight is 402 g/mol. The number of rotatable bonds is 6. The molecule has 0 spiro atoms. The van der Waals surface area contributed by atoms with E-state index in [1.54, 1.807) is 23.9 Å². The quantitative estimate of drug-likeness (QED) is 0.548. The van der Waals surface area contributed by atoms with Crippen LogP contribution in [0.2, 0.25) is 0 Å². The first kappa shape index (κ1) is 22.1. The molecule has 0 aliphatic carbocycles. The Bertz CT molecular complexity index is 880. The number of nitrogens with two attached hydrogens (primary N) is 2. The number of halogens is 1. The average Bonchev–Trinajstić information content (AvgIpc) is 2.72. The van der Waals surface area contributed by atoms with Gasteiger partial charge in [-0.1, -0.05) is 6.58 Å². The van der Waals surface area contributed by atoms with Crippen molar-refractivity contribution in [2.24, 2.45) is 16.5 Å². The lowest BCUT2D eigenvalue weighted by atomic mass is 10.00. The predicted molar refractivity (Wildman–Crippen MR) is 112 cm³/mol. The molecule has 2 rings (SSSR count). The number of primary amides is 1. The van der Waals surface area contributed by atoms with E-state index in [-0.39, 0.29) is 34.6 Å². The highest BCUT2D eigenvalue weighted by molar-refractivity contribution is 6.13. The van der Waals surface area contributed by atoms with Crippen molar-refractivity contribution in [2.75, 3.05) is 32.1 Å². The van der Waals surface area contributed by atoms with Crippen LogP contribution >= 0.6 is 0 Å². The Morgan fingerprint density at radius 3 is 2.69 bits per heavy atom. The molecule has 9 heteroatoms. The zero-order chi connectivity index (χ0) is 21.7. The van der Waals surface area contributed by atoms with Gasteiger partial charge in [-0.25, -0.2) is 9.37 Å². The lowest BCUT2D eigenvalue weighted by Gasteiger charge is -2.38. The van der Waals surface area contributed by atoms with Crippen molar-refractivity contribution in [1.29, 1.82) is 0 Å². The number of likely N-dealkylation sites (N-methyl/N-ethyl adjacent to an activating group) is 1. The highest BCUT2D eigenvalue weighted by Crippen LogP contribution is 2.30. The van der Waals surface area contributed by atoms with Gasteiger partial charge in [-0.2, -0.15) is 0 Å². The normalized spacial score (nSPS) is 17.4. The highest BCUT2D eigenvalue weighted by atomic mass is 19.1. The maximum atomic E-state index is 15.2. The number of hydrogen-bond acceptors (Lipinski definition) is 6. The smallest absolute Gasteiger partial charge is 0.251 e. The summed E-state index contributed by atoms with van der Waals surface area (Å²) in [5.41, 5.74) is 11.7. The zero-order valence-corrected chi connectivity index (χ0v) is 17.0. The highest BCUT2D eigenvalue weighted by Gasteiger charge is 2.30. The van der Waals surface area contributed by atoms with Crippen LogP contribution < -0.4 is 16.4 Å². The Hall–Kier alpha value is -3.23. The summed E-state index contributed by atoms with van der Waals surface area (Å²) in [4.78, 5) is 35.6. The Kier molecular flexibility index (Phi) is 7.08. The molecule has 0 radical (unpaired) electrons. The molecule has 1 aliphatic rings. The van der Waals surface area contributed by atoms with Gasteiger partial charge in [0.15, 0.2) is 11.6 Å². The summed E-state index contributed by atoms with van der Waals surface area (Å²) in [6.07, 6.45) is 5.49. The van der Waals surface area contributed by atoms with Gasteiger partial charge >= 0.3 is 0 Å². The lowest BCUT2D eigenvalue weighted by molar-refractivity contribution is -0.127. The fourth-order valence-electron chi connectivity index (χ4n) is 3.51. The molecule has 1 atom stereocenters. The molecule has 2 amide bonds. The van der Waals surface area contributed by atoms with Crippen molar-refractivity contribution in [3.63, 3.8) is 0 Å². The third-order valence-electron chi connectivity index (χ3n) is 5.09. The van der Waals surface area contributed by atoms with Crippen LogP contribution in [0.5, 0.6) is 0 Å². The van der Waals surface area contributed by atoms with E-state index >= 15 is 4.39 Å². The van der Waals surface area contributed by atoms with E-state index in [0.29, 0.717) is 18.7 Å². The summed E-state index contributed by atoms with van der Waals surface area (Å²) in [6, 6.07) is -0.147. The monoisotopic (exact) mass is 402 g/mol. The van der Waals surface area contributed by atoms with E-state index in [2.05, 4.69) is 16.6 Å². The molecule has 29 heavy (non-hydrogen) atoms. The molecule has 2 heterocycles. The number of piperidine rings is 1. The van der Waals surface area contributed by atoms with Crippen LogP contribution in [0.25, 0.3) is 5.57 Å². The molecule has 4 N–H and O–H groups in total. The number of anilines is 1. The Balaban J connectivity index is 2.54. The molecule has 0 bridgehead atoms. The first-order chi connectivity index (χ1) is 13.8. The van der Waals surface area contributed by atoms with Gasteiger partial charge < -0.3 is 21.3 Å². The predicted octanol–water partition coefficient (Wildman–Crippen LogP) is 1.24. The molecule has 1 saturated heterocycles. The van der Waals surface area contributed by atoms with Crippen molar-refractivity contribution < 1.29 is 14.0 Å². The second-order valence-electron chi connectivity index (χ2n) is 6.87. The molecule has 0 aromatic carbocycles. The van der Waals surface area contributed by atoms with E-state index in [1.165, 1.54) is 25.4 Å². The van der Waals surface area contributed by atoms with Crippen LogP contribution in [-0.2, 0) is 4.79 Å². The van der Waals surface area contributed by atoms with Crippen LogP contribution in [0.3, 0.4) is 0 Å². The number of allylic oxidation sites excluding steroid dienone is 1. The van der Waals surface area contributed by atoms with E-state index in [0.717, 1.165) is 12.8 Å². The van der Waals surface area contributed by atoms with Crippen LogP contribution in [-0.4, -0.2) is 61.1 Å². The van der Waals surface area contributed by atoms with Gasteiger partial charge in [0.1, 0.15) is 0 Å². The Morgan fingerprint density at radius 1 is 1.45 bits per heavy atom. The maximum Gasteiger partial charge on any atom is 0.251 e. The number of carbonyl (C=O) groups is 2. The van der Waals surface area contributed by atoms with Gasteiger partial charge in [0.25, 0.3) is 5.91 Å². The fraction of sp³-hybridized carbons (Fsp3) is 0.400. The molecular weight excluding hydrogens is 375 g/mol. The molecule has 0 saturated carbocycles. The van der Waals surface area contributed by atoms with Crippen molar-refractivity contribution in [2.45, 2.75) is 25.8 Å². The number of carbonyl (C=O) groups excluding carboxylic acids is 2. The van der Waals surface area contributed by atoms with Crippen LogP contribution in [0.1, 0.15) is 34.5 Å². The van der Waals surface area contributed by atoms with Gasteiger partial charge in [0, 0.05) is 56.8 Å². The Labute approximate surface area is 169 Å². The summed E-state index contributed by atoms with van der Waals surface area (Å²) in [6.45, 7) is 6.05. The van der Waals surface area contributed by atoms with E-state index in [9.17, 15) is 9.59 Å². The van der Waals surface area contributed by atoms with Gasteiger partial charge in [-0.3, -0.25) is 14.6 Å². The van der Waals surface area contributed by atoms with E-state index in [4.69, 9.17) is 11.5 Å². The standard InChI is InChI=1S/C20H27FN6O2/c1-5-15(28)27-8-6-7-14(11-27)26(4)20-17(21)12(2)16(19(23)29)18(25-20)13(9-22)10-24-3/h5,9-10,14H,1,6-8,11,22H2,2-4H3,(H2,23,29)/t14-/m1/s1. The second-order valence-corrected chi connectivity index (χ2v) is 6.87. The van der Waals surface area contributed by atoms with Gasteiger partial charge in [-0.05, 0) is 25.8 Å². The van der Waals surface area contributed by atoms with Gasteiger partial charge in [0.05, 0.1) is 11.3 Å². The third-order valence-corrected chi connectivity index (χ3v) is 5.09. The van der Waals surface area contributed by atoms with Crippen molar-refractivity contribution >= 4 is 29.4 Å². The molecule has 1 aromatic heterocycles. The van der Waals surface area contributed by atoms with Crippen LogP contribution in [0.4, 0.5) is 10.2 Å². The summed E-state index contributed by atoms with van der Waals surface area (Å²) in [7, 11) is 3.26. The van der Waals surface area contributed by atoms with Crippen LogP contribution in [0.15, 0.2) is 23.8 Å². The summed E-state index contributed by atoms with van der Waals surface area (Å²) in [5.74, 6) is -1.54. The molecule has 156 valence electrons. The number of pyridine rings is 1. The SMILES string of the molecule is C=CC(=O)N1CCC[C@@H](N(C)c2nc(C(C=NC)=CN)c(C(N)=O)c(C)c2F)C1. The van der Waals surface area contributed by atoms with Gasteiger partial charge in [0.2, 0.25) is 5.91 Å². The molecule has 0 unspecified atom stereocenters. The number of hydrogen-bond donors (Lipinski definition) is 2. The van der Waals surface area contributed by atoms with E-state index in [1.807, 2.05) is 0 Å². The number of aromatic nitrogens is 1. The third kappa shape index (κ3) is 4.44. The minimum absolute atomic E-state index is 0.0386. The molecule has 1 aromatic rings. The molecule has 1 aliphatic heterocycles. The van der Waals surface area contributed by atoms with Crippen LogP contribution in [0, 0.1) is 12.7 Å². The molecular formula is C20H27FN6O2. The number of likely N-dealkylation sites (tertiary alicyclic amines) is 1. The second kappa shape index (κ2) is 9.31. The zero-order valence-electron chi connectivity index (χ0n) is 17.0. The first-order valence-corrected chi connectivity index (χ1v) is 9.25. The van der Waals surface area contributed by atoms with Crippen molar-refractivity contribution in [1.82, 2.24) is 9.88 Å². The topological polar surface area (TPSA) is 118 Å². The maximum absolute atomic E-state index is 15.2. The number of nitrogens with zero attached hydrogens (tertiary/aromatic N) is 4. The number of aliphatic imine (C=N–C) groups is 1. The lowest BCUT2D eigenvalue weighted by Crippen LogP contribution is -2.48. The minimum Gasteiger partial charge on any atom is -0.404 e. The van der Waals surface area contributed by atoms with Crippen molar-refractivity contribution in [3.8, 4) is 0 Å². The van der Waals surface area contributed by atoms with Gasteiger partial charge in [-0.15, -0.1) is 0 Å². The molecule has 1 fully saturated rings.